The van der Waals surface area contributed by atoms with E-state index in [9.17, 15) is 14.0 Å². The van der Waals surface area contributed by atoms with Gasteiger partial charge in [0.2, 0.25) is 17.7 Å². The smallest absolute Gasteiger partial charge is 0.227 e. The number of halogens is 1. The molecule has 0 N–H and O–H groups in total. The van der Waals surface area contributed by atoms with Crippen molar-refractivity contribution in [1.29, 1.82) is 0 Å². The zero-order valence-corrected chi connectivity index (χ0v) is 20.8. The van der Waals surface area contributed by atoms with E-state index >= 15 is 0 Å². The molecule has 2 amide bonds. The van der Waals surface area contributed by atoms with E-state index in [2.05, 4.69) is 10.1 Å². The van der Waals surface area contributed by atoms with Crippen molar-refractivity contribution in [2.75, 3.05) is 52.6 Å². The zero-order chi connectivity index (χ0) is 25.5. The first-order valence-electron chi connectivity index (χ1n) is 12.3. The molecular formula is C25H33FN4O6. The van der Waals surface area contributed by atoms with E-state index in [4.69, 9.17) is 18.7 Å². The van der Waals surface area contributed by atoms with E-state index in [1.54, 1.807) is 9.80 Å². The molecule has 11 heteroatoms. The lowest BCUT2D eigenvalue weighted by molar-refractivity contribution is -0.167. The molecular weight excluding hydrogens is 471 g/mol. The van der Waals surface area contributed by atoms with Crippen molar-refractivity contribution >= 4 is 11.8 Å². The number of hydrogen-bond acceptors (Lipinski definition) is 8. The molecule has 2 aromatic rings. The SMILES string of the molecule is CC(C)c1noc(CCC(=O)N2CCO[C@@](COc3ccc(F)cc3)(CC(=O)N3CCOCC3)C2)n1. The van der Waals surface area contributed by atoms with Gasteiger partial charge in [0, 0.05) is 38.4 Å². The van der Waals surface area contributed by atoms with E-state index in [0.29, 0.717) is 56.7 Å². The Morgan fingerprint density at radius 2 is 1.81 bits per heavy atom. The minimum atomic E-state index is -1.03. The molecule has 1 aromatic heterocycles. The highest BCUT2D eigenvalue weighted by molar-refractivity contribution is 5.79. The lowest BCUT2D eigenvalue weighted by Crippen LogP contribution is -2.58. The Balaban J connectivity index is 1.43. The lowest BCUT2D eigenvalue weighted by Gasteiger charge is -2.43. The Morgan fingerprint density at radius 3 is 2.50 bits per heavy atom. The Bertz CT molecular complexity index is 1020. The molecule has 0 radical (unpaired) electrons. The predicted molar refractivity (Wildman–Crippen MR) is 126 cm³/mol. The monoisotopic (exact) mass is 504 g/mol. The van der Waals surface area contributed by atoms with Crippen LogP contribution in [0.15, 0.2) is 28.8 Å². The number of morpholine rings is 2. The van der Waals surface area contributed by atoms with Crippen molar-refractivity contribution in [3.8, 4) is 5.75 Å². The van der Waals surface area contributed by atoms with Crippen molar-refractivity contribution in [2.24, 2.45) is 0 Å². The topological polar surface area (TPSA) is 107 Å². The molecule has 1 aromatic carbocycles. The quantitative estimate of drug-likeness (QED) is 0.512. The summed E-state index contributed by atoms with van der Waals surface area (Å²) in [6.07, 6.45) is 0.590. The summed E-state index contributed by atoms with van der Waals surface area (Å²) in [4.78, 5) is 34.0. The van der Waals surface area contributed by atoms with E-state index in [1.165, 1.54) is 24.3 Å². The standard InChI is InChI=1S/C25H33FN4O6/c1-18(2)24-27-21(36-28-24)7-8-22(31)30-11-14-35-25(16-30,15-23(32)29-9-12-33-13-10-29)17-34-20-5-3-19(26)4-6-20/h3-6,18H,7-17H2,1-2H3/t25-/m0/s1. The van der Waals surface area contributed by atoms with Crippen LogP contribution < -0.4 is 4.74 Å². The third-order valence-electron chi connectivity index (χ3n) is 6.31. The number of amides is 2. The fourth-order valence-corrected chi connectivity index (χ4v) is 4.22. The number of hydrogen-bond donors (Lipinski definition) is 0. The van der Waals surface area contributed by atoms with Gasteiger partial charge in [-0.1, -0.05) is 19.0 Å². The molecule has 4 rings (SSSR count). The second kappa shape index (κ2) is 11.8. The number of rotatable bonds is 9. The summed E-state index contributed by atoms with van der Waals surface area (Å²) in [5.41, 5.74) is -1.03. The molecule has 2 fully saturated rings. The molecule has 2 aliphatic rings. The molecule has 2 saturated heterocycles. The number of ether oxygens (including phenoxy) is 3. The van der Waals surface area contributed by atoms with Crippen LogP contribution in [-0.2, 0) is 25.5 Å². The summed E-state index contributed by atoms with van der Waals surface area (Å²) in [6, 6.07) is 5.66. The van der Waals surface area contributed by atoms with E-state index in [0.717, 1.165) is 0 Å². The van der Waals surface area contributed by atoms with Gasteiger partial charge >= 0.3 is 0 Å². The van der Waals surface area contributed by atoms with Gasteiger partial charge in [0.1, 0.15) is 23.8 Å². The van der Waals surface area contributed by atoms with Crippen LogP contribution in [0.1, 0.15) is 44.3 Å². The molecule has 0 saturated carbocycles. The molecule has 196 valence electrons. The van der Waals surface area contributed by atoms with Gasteiger partial charge in [0.05, 0.1) is 32.8 Å². The minimum Gasteiger partial charge on any atom is -0.490 e. The van der Waals surface area contributed by atoms with Gasteiger partial charge in [-0.25, -0.2) is 4.39 Å². The summed E-state index contributed by atoms with van der Waals surface area (Å²) >= 11 is 0. The van der Waals surface area contributed by atoms with Gasteiger partial charge in [0.15, 0.2) is 5.82 Å². The second-order valence-corrected chi connectivity index (χ2v) is 9.46. The van der Waals surface area contributed by atoms with Crippen LogP contribution in [0.2, 0.25) is 0 Å². The Morgan fingerprint density at radius 1 is 1.08 bits per heavy atom. The lowest BCUT2D eigenvalue weighted by atomic mass is 9.96. The van der Waals surface area contributed by atoms with Crippen LogP contribution in [0.25, 0.3) is 0 Å². The van der Waals surface area contributed by atoms with Crippen molar-refractivity contribution in [3.05, 3.63) is 41.8 Å². The number of benzene rings is 1. The largest absolute Gasteiger partial charge is 0.490 e. The van der Waals surface area contributed by atoms with Gasteiger partial charge in [0.25, 0.3) is 0 Å². The second-order valence-electron chi connectivity index (χ2n) is 9.46. The van der Waals surface area contributed by atoms with Crippen molar-refractivity contribution < 1.29 is 32.7 Å². The fraction of sp³-hybridized carbons (Fsp3) is 0.600. The van der Waals surface area contributed by atoms with E-state index in [-0.39, 0.29) is 56.1 Å². The summed E-state index contributed by atoms with van der Waals surface area (Å²) in [6.45, 7) is 6.87. The molecule has 0 spiro atoms. The number of carbonyl (C=O) groups is 2. The molecule has 0 bridgehead atoms. The maximum absolute atomic E-state index is 13.3. The highest BCUT2D eigenvalue weighted by Crippen LogP contribution is 2.26. The molecule has 36 heavy (non-hydrogen) atoms. The Kier molecular flexibility index (Phi) is 8.52. The van der Waals surface area contributed by atoms with Crippen LogP contribution in [-0.4, -0.2) is 90.0 Å². The summed E-state index contributed by atoms with van der Waals surface area (Å²) in [7, 11) is 0. The molecule has 0 aliphatic carbocycles. The van der Waals surface area contributed by atoms with Crippen molar-refractivity contribution in [3.63, 3.8) is 0 Å². The minimum absolute atomic E-state index is 0.0416. The van der Waals surface area contributed by atoms with Gasteiger partial charge in [-0.2, -0.15) is 4.98 Å². The normalized spacial score (nSPS) is 20.6. The highest BCUT2D eigenvalue weighted by Gasteiger charge is 2.42. The van der Waals surface area contributed by atoms with Gasteiger partial charge in [-0.15, -0.1) is 0 Å². The van der Waals surface area contributed by atoms with Gasteiger partial charge in [-0.3, -0.25) is 9.59 Å². The van der Waals surface area contributed by atoms with Crippen LogP contribution >= 0.6 is 0 Å². The molecule has 2 aliphatic heterocycles. The van der Waals surface area contributed by atoms with Crippen LogP contribution in [0.5, 0.6) is 5.75 Å². The molecule has 1 atom stereocenters. The zero-order valence-electron chi connectivity index (χ0n) is 20.8. The van der Waals surface area contributed by atoms with E-state index < -0.39 is 5.60 Å². The van der Waals surface area contributed by atoms with Crippen LogP contribution in [0.3, 0.4) is 0 Å². The summed E-state index contributed by atoms with van der Waals surface area (Å²) in [5, 5.41) is 3.94. The molecule has 3 heterocycles. The van der Waals surface area contributed by atoms with Gasteiger partial charge in [-0.05, 0) is 24.3 Å². The van der Waals surface area contributed by atoms with Crippen LogP contribution in [0.4, 0.5) is 4.39 Å². The Hall–Kier alpha value is -3.05. The highest BCUT2D eigenvalue weighted by atomic mass is 19.1. The summed E-state index contributed by atoms with van der Waals surface area (Å²) < 4.78 is 36.0. The van der Waals surface area contributed by atoms with Crippen LogP contribution in [0, 0.1) is 5.82 Å². The number of nitrogens with zero attached hydrogens (tertiary/aromatic N) is 4. The first kappa shape index (κ1) is 26.0. The average molecular weight is 505 g/mol. The third-order valence-corrected chi connectivity index (χ3v) is 6.31. The van der Waals surface area contributed by atoms with Crippen molar-refractivity contribution in [1.82, 2.24) is 19.9 Å². The molecule has 0 unspecified atom stereocenters. The van der Waals surface area contributed by atoms with Gasteiger partial charge < -0.3 is 28.5 Å². The number of aromatic nitrogens is 2. The first-order valence-corrected chi connectivity index (χ1v) is 12.3. The average Bonchev–Trinajstić information content (AvgIpc) is 3.37. The Labute approximate surface area is 209 Å². The third kappa shape index (κ3) is 6.79. The number of aryl methyl sites for hydroxylation is 1. The first-order chi connectivity index (χ1) is 17.3. The maximum atomic E-state index is 13.3. The summed E-state index contributed by atoms with van der Waals surface area (Å²) in [5.74, 6) is 1.10. The van der Waals surface area contributed by atoms with E-state index in [1.807, 2.05) is 13.8 Å². The fourth-order valence-electron chi connectivity index (χ4n) is 4.22. The number of carbonyl (C=O) groups excluding carboxylic acids is 2. The van der Waals surface area contributed by atoms with Crippen molar-refractivity contribution in [2.45, 2.75) is 44.6 Å². The predicted octanol–water partition coefficient (Wildman–Crippen LogP) is 2.19. The molecule has 10 nitrogen and oxygen atoms in total. The maximum Gasteiger partial charge on any atom is 0.227 e.